The molecule has 0 aromatic carbocycles. The predicted octanol–water partition coefficient (Wildman–Crippen LogP) is -0.413. The summed E-state index contributed by atoms with van der Waals surface area (Å²) in [6.07, 6.45) is 2.67. The smallest absolute Gasteiger partial charge is 0.295 e. The Balaban J connectivity index is 3.04. The highest BCUT2D eigenvalue weighted by Crippen LogP contribution is 2.13. The molecule has 0 saturated carbocycles. The Morgan fingerprint density at radius 2 is 2.27 bits per heavy atom. The molecule has 0 aliphatic carbocycles. The summed E-state index contributed by atoms with van der Waals surface area (Å²) in [6.45, 7) is 0. The van der Waals surface area contributed by atoms with Crippen LogP contribution < -0.4 is 5.73 Å². The Morgan fingerprint density at radius 1 is 1.64 bits per heavy atom. The first-order chi connectivity index (χ1) is 5.02. The van der Waals surface area contributed by atoms with Gasteiger partial charge in [0, 0.05) is 0 Å². The lowest BCUT2D eigenvalue weighted by Crippen LogP contribution is -2.29. The van der Waals surface area contributed by atoms with Crippen LogP contribution in [-0.2, 0) is 14.9 Å². The van der Waals surface area contributed by atoms with Crippen molar-refractivity contribution < 1.29 is 17.7 Å². The summed E-state index contributed by atoms with van der Waals surface area (Å²) < 4.78 is 34.1. The molecular weight excluding hydrogens is 170 g/mol. The van der Waals surface area contributed by atoms with Crippen molar-refractivity contribution in [3.8, 4) is 0 Å². The van der Waals surface area contributed by atoms with E-state index in [1.807, 2.05) is 0 Å². The molecule has 0 bridgehead atoms. The van der Waals surface area contributed by atoms with Crippen molar-refractivity contribution in [1.82, 2.24) is 0 Å². The molecule has 1 aliphatic heterocycles. The number of hydrogen-bond donors (Lipinski definition) is 2. The molecule has 0 amide bonds. The quantitative estimate of drug-likeness (QED) is 0.531. The van der Waals surface area contributed by atoms with E-state index in [0.717, 1.165) is 0 Å². The van der Waals surface area contributed by atoms with Gasteiger partial charge in [-0.25, -0.2) is 0 Å². The van der Waals surface area contributed by atoms with Gasteiger partial charge in [0.25, 0.3) is 10.1 Å². The van der Waals surface area contributed by atoms with Gasteiger partial charge >= 0.3 is 0 Å². The zero-order valence-electron chi connectivity index (χ0n) is 5.47. The second-order valence-corrected chi connectivity index (χ2v) is 3.35. The van der Waals surface area contributed by atoms with Crippen LogP contribution in [0.2, 0.25) is 0 Å². The molecule has 0 fully saturated rings. The van der Waals surface area contributed by atoms with Crippen molar-refractivity contribution in [2.75, 3.05) is 0 Å². The largest absolute Gasteiger partial charge is 0.478 e. The first kappa shape index (κ1) is 8.25. The van der Waals surface area contributed by atoms with Gasteiger partial charge in [0.15, 0.2) is 6.23 Å². The molecule has 1 unspecified atom stereocenters. The van der Waals surface area contributed by atoms with Crippen molar-refractivity contribution in [2.24, 2.45) is 5.73 Å². The van der Waals surface area contributed by atoms with Gasteiger partial charge in [0.05, 0.1) is 6.26 Å². The van der Waals surface area contributed by atoms with Crippen LogP contribution in [-0.4, -0.2) is 19.2 Å². The molecule has 0 aromatic heterocycles. The lowest BCUT2D eigenvalue weighted by Gasteiger charge is -2.14. The molecule has 6 heteroatoms. The predicted molar refractivity (Wildman–Crippen MR) is 37.8 cm³/mol. The van der Waals surface area contributed by atoms with Crippen molar-refractivity contribution in [1.29, 1.82) is 0 Å². The van der Waals surface area contributed by atoms with E-state index in [4.69, 9.17) is 10.3 Å². The highest BCUT2D eigenvalue weighted by Gasteiger charge is 2.22. The summed E-state index contributed by atoms with van der Waals surface area (Å²) in [7, 11) is -4.22. The van der Waals surface area contributed by atoms with Crippen molar-refractivity contribution in [3.05, 3.63) is 23.3 Å². The minimum Gasteiger partial charge on any atom is -0.478 e. The van der Waals surface area contributed by atoms with Gasteiger partial charge in [-0.05, 0) is 12.2 Å². The summed E-state index contributed by atoms with van der Waals surface area (Å²) in [6, 6.07) is 0. The molecule has 1 heterocycles. The van der Waals surface area contributed by atoms with Crippen LogP contribution in [0, 0.1) is 0 Å². The fourth-order valence-electron chi connectivity index (χ4n) is 0.659. The molecule has 11 heavy (non-hydrogen) atoms. The maximum atomic E-state index is 10.5. The third-order valence-corrected chi connectivity index (χ3v) is 2.11. The molecule has 1 rings (SSSR count). The summed E-state index contributed by atoms with van der Waals surface area (Å²) in [4.78, 5) is -0.333. The Labute approximate surface area is 63.9 Å². The fraction of sp³-hybridized carbons (Fsp3) is 0.200. The first-order valence-corrected chi connectivity index (χ1v) is 4.21. The molecule has 0 saturated heterocycles. The SMILES string of the molecule is NC1OC=CC=C1S(=O)(=O)O. The van der Waals surface area contributed by atoms with Gasteiger partial charge in [-0.2, -0.15) is 8.42 Å². The summed E-state index contributed by atoms with van der Waals surface area (Å²) >= 11 is 0. The Kier molecular flexibility index (Phi) is 1.99. The molecular formula is C5H7NO4S. The fourth-order valence-corrected chi connectivity index (χ4v) is 1.26. The van der Waals surface area contributed by atoms with Gasteiger partial charge in [-0.1, -0.05) is 0 Å². The number of ether oxygens (including phenoxy) is 1. The van der Waals surface area contributed by atoms with E-state index in [1.54, 1.807) is 0 Å². The molecule has 0 radical (unpaired) electrons. The summed E-state index contributed by atoms with van der Waals surface area (Å²) in [5.41, 5.74) is 5.18. The van der Waals surface area contributed by atoms with E-state index in [9.17, 15) is 8.42 Å². The van der Waals surface area contributed by atoms with Crippen LogP contribution in [0.3, 0.4) is 0 Å². The summed E-state index contributed by atoms with van der Waals surface area (Å²) in [5.74, 6) is 0. The lowest BCUT2D eigenvalue weighted by molar-refractivity contribution is 0.184. The van der Waals surface area contributed by atoms with Crippen LogP contribution in [0.25, 0.3) is 0 Å². The van der Waals surface area contributed by atoms with E-state index in [1.165, 1.54) is 18.4 Å². The minimum atomic E-state index is -4.22. The maximum absolute atomic E-state index is 10.5. The van der Waals surface area contributed by atoms with Crippen LogP contribution in [0.5, 0.6) is 0 Å². The third-order valence-electron chi connectivity index (χ3n) is 1.14. The maximum Gasteiger partial charge on any atom is 0.295 e. The molecule has 1 aliphatic rings. The van der Waals surface area contributed by atoms with Crippen molar-refractivity contribution >= 4 is 10.1 Å². The highest BCUT2D eigenvalue weighted by atomic mass is 32.2. The Bertz CT molecular complexity index is 302. The molecule has 0 aromatic rings. The number of hydrogen-bond acceptors (Lipinski definition) is 4. The first-order valence-electron chi connectivity index (χ1n) is 2.77. The molecule has 3 N–H and O–H groups in total. The zero-order chi connectivity index (χ0) is 8.48. The van der Waals surface area contributed by atoms with Gasteiger partial charge in [-0.15, -0.1) is 0 Å². The average molecular weight is 177 g/mol. The lowest BCUT2D eigenvalue weighted by atomic mass is 10.4. The van der Waals surface area contributed by atoms with Crippen LogP contribution in [0.15, 0.2) is 23.3 Å². The molecule has 62 valence electrons. The van der Waals surface area contributed by atoms with Crippen molar-refractivity contribution in [3.63, 3.8) is 0 Å². The van der Waals surface area contributed by atoms with E-state index < -0.39 is 16.3 Å². The number of allylic oxidation sites excluding steroid dienone is 2. The molecule has 5 nitrogen and oxygen atoms in total. The topological polar surface area (TPSA) is 89.6 Å². The Hall–Kier alpha value is -0.850. The molecule has 1 atom stereocenters. The van der Waals surface area contributed by atoms with E-state index in [0.29, 0.717) is 0 Å². The van der Waals surface area contributed by atoms with Crippen LogP contribution >= 0.6 is 0 Å². The molecule has 0 spiro atoms. The Morgan fingerprint density at radius 3 is 2.64 bits per heavy atom. The van der Waals surface area contributed by atoms with E-state index >= 15 is 0 Å². The highest BCUT2D eigenvalue weighted by molar-refractivity contribution is 7.89. The monoisotopic (exact) mass is 177 g/mol. The summed E-state index contributed by atoms with van der Waals surface area (Å²) in [5, 5.41) is 0. The number of nitrogens with two attached hydrogens (primary N) is 1. The van der Waals surface area contributed by atoms with Gasteiger partial charge in [0.2, 0.25) is 0 Å². The van der Waals surface area contributed by atoms with Crippen molar-refractivity contribution in [2.45, 2.75) is 6.23 Å². The van der Waals surface area contributed by atoms with E-state index in [-0.39, 0.29) is 4.91 Å². The van der Waals surface area contributed by atoms with E-state index in [2.05, 4.69) is 4.74 Å². The minimum absolute atomic E-state index is 0.333. The van der Waals surface area contributed by atoms with Crippen LogP contribution in [0.4, 0.5) is 0 Å². The van der Waals surface area contributed by atoms with Crippen LogP contribution in [0.1, 0.15) is 0 Å². The second kappa shape index (κ2) is 2.65. The standard InChI is InChI=1S/C5H7NO4S/c6-5-4(11(7,8)9)2-1-3-10-5/h1-3,5H,6H2,(H,7,8,9). The third kappa shape index (κ3) is 1.79. The average Bonchev–Trinajstić information content (AvgIpc) is 1.86. The second-order valence-electron chi connectivity index (χ2n) is 1.93. The zero-order valence-corrected chi connectivity index (χ0v) is 6.28. The number of rotatable bonds is 1. The van der Waals surface area contributed by atoms with Gasteiger partial charge < -0.3 is 4.74 Å². The van der Waals surface area contributed by atoms with Gasteiger partial charge in [0.1, 0.15) is 4.91 Å². The van der Waals surface area contributed by atoms with Gasteiger partial charge in [-0.3, -0.25) is 10.3 Å². The normalized spacial score (nSPS) is 24.2.